The number of nitrogens with zero attached hydrogens (tertiary/aromatic N) is 3. The third kappa shape index (κ3) is 2.81. The number of pyridine rings is 1. The van der Waals surface area contributed by atoms with Crippen molar-refractivity contribution < 1.29 is 13.5 Å². The van der Waals surface area contributed by atoms with E-state index in [2.05, 4.69) is 15.2 Å². The maximum atomic E-state index is 13.4. The van der Waals surface area contributed by atoms with E-state index in [0.29, 0.717) is 29.0 Å². The second-order valence-electron chi connectivity index (χ2n) is 4.29. The van der Waals surface area contributed by atoms with Gasteiger partial charge in [0.2, 0.25) is 5.89 Å². The third-order valence-corrected chi connectivity index (χ3v) is 2.68. The molecule has 0 amide bonds. The van der Waals surface area contributed by atoms with Gasteiger partial charge < -0.3 is 14.9 Å². The van der Waals surface area contributed by atoms with Crippen LogP contribution in [0.2, 0.25) is 0 Å². The van der Waals surface area contributed by atoms with Crippen molar-refractivity contribution in [2.24, 2.45) is 0 Å². The zero-order valence-electron chi connectivity index (χ0n) is 11.1. The maximum Gasteiger partial charge on any atom is 0.266 e. The minimum Gasteiger partial charge on any atom is -0.457 e. The molecule has 21 heavy (non-hydrogen) atoms. The molecule has 1 aromatic carbocycles. The van der Waals surface area contributed by atoms with Crippen molar-refractivity contribution in [1.82, 2.24) is 15.2 Å². The lowest BCUT2D eigenvalue weighted by atomic mass is 10.3. The van der Waals surface area contributed by atoms with Gasteiger partial charge in [-0.05, 0) is 18.2 Å². The van der Waals surface area contributed by atoms with Crippen LogP contribution in [0.15, 0.2) is 40.9 Å². The first-order valence-electron chi connectivity index (χ1n) is 6.11. The van der Waals surface area contributed by atoms with Gasteiger partial charge in [0, 0.05) is 25.3 Å². The monoisotopic (exact) mass is 286 g/mol. The van der Waals surface area contributed by atoms with Crippen molar-refractivity contribution in [2.45, 2.75) is 6.92 Å². The molecule has 0 unspecified atom stereocenters. The maximum absolute atomic E-state index is 13.4. The predicted molar refractivity (Wildman–Crippen MR) is 73.2 cm³/mol. The van der Waals surface area contributed by atoms with E-state index in [1.165, 1.54) is 18.3 Å². The lowest BCUT2D eigenvalue weighted by molar-refractivity contribution is 0.475. The Hall–Kier alpha value is -2.96. The van der Waals surface area contributed by atoms with E-state index < -0.39 is 5.82 Å². The Bertz CT molecular complexity index is 788. The SMILES string of the molecule is Cc1nnc(-c2cc(Oc3ccc(N)c(F)c3)ccn2)o1. The first-order chi connectivity index (χ1) is 10.1. The van der Waals surface area contributed by atoms with Crippen LogP contribution in [0, 0.1) is 12.7 Å². The first-order valence-corrected chi connectivity index (χ1v) is 6.11. The molecule has 0 saturated carbocycles. The summed E-state index contributed by atoms with van der Waals surface area (Å²) in [7, 11) is 0. The van der Waals surface area contributed by atoms with Crippen molar-refractivity contribution in [2.75, 3.05) is 5.73 Å². The number of nitrogen functional groups attached to an aromatic ring is 1. The quantitative estimate of drug-likeness (QED) is 0.745. The van der Waals surface area contributed by atoms with Crippen LogP contribution in [0.4, 0.5) is 10.1 Å². The fourth-order valence-corrected chi connectivity index (χ4v) is 1.70. The van der Waals surface area contributed by atoms with Crippen molar-refractivity contribution >= 4 is 5.69 Å². The molecule has 0 spiro atoms. The van der Waals surface area contributed by atoms with Crippen LogP contribution < -0.4 is 10.5 Å². The number of aromatic nitrogens is 3. The molecule has 106 valence electrons. The molecule has 0 saturated heterocycles. The van der Waals surface area contributed by atoms with Crippen LogP contribution in [0.25, 0.3) is 11.6 Å². The highest BCUT2D eigenvalue weighted by Crippen LogP contribution is 2.26. The molecule has 0 bridgehead atoms. The van der Waals surface area contributed by atoms with E-state index in [-0.39, 0.29) is 5.69 Å². The van der Waals surface area contributed by atoms with Gasteiger partial charge in [-0.3, -0.25) is 4.98 Å². The summed E-state index contributed by atoms with van der Waals surface area (Å²) in [5, 5.41) is 7.62. The summed E-state index contributed by atoms with van der Waals surface area (Å²) in [5.41, 5.74) is 5.96. The Morgan fingerprint density at radius 1 is 1.14 bits per heavy atom. The Balaban J connectivity index is 1.87. The van der Waals surface area contributed by atoms with Crippen LogP contribution in [-0.2, 0) is 0 Å². The van der Waals surface area contributed by atoms with Gasteiger partial charge >= 0.3 is 0 Å². The topological polar surface area (TPSA) is 87.1 Å². The molecule has 0 aliphatic rings. The van der Waals surface area contributed by atoms with Gasteiger partial charge in [0.25, 0.3) is 5.89 Å². The highest BCUT2D eigenvalue weighted by atomic mass is 19.1. The number of aryl methyl sites for hydroxylation is 1. The Morgan fingerprint density at radius 2 is 1.95 bits per heavy atom. The van der Waals surface area contributed by atoms with E-state index in [0.717, 1.165) is 0 Å². The molecule has 2 heterocycles. The summed E-state index contributed by atoms with van der Waals surface area (Å²) in [6.45, 7) is 1.69. The van der Waals surface area contributed by atoms with E-state index in [4.69, 9.17) is 14.9 Å². The van der Waals surface area contributed by atoms with Crippen LogP contribution in [-0.4, -0.2) is 15.2 Å². The van der Waals surface area contributed by atoms with Crippen LogP contribution in [0.3, 0.4) is 0 Å². The minimum absolute atomic E-state index is 0.0686. The number of hydrogen-bond acceptors (Lipinski definition) is 6. The van der Waals surface area contributed by atoms with E-state index in [1.807, 2.05) is 0 Å². The normalized spacial score (nSPS) is 10.6. The van der Waals surface area contributed by atoms with Gasteiger partial charge in [-0.15, -0.1) is 10.2 Å². The summed E-state index contributed by atoms with van der Waals surface area (Å²) in [4.78, 5) is 4.13. The first kappa shape index (κ1) is 13.0. The molecule has 3 rings (SSSR count). The number of nitrogens with two attached hydrogens (primary N) is 1. The fraction of sp³-hybridized carbons (Fsp3) is 0.0714. The molecule has 0 atom stereocenters. The standard InChI is InChI=1S/C14H11FN4O2/c1-8-18-19-14(20-8)13-7-10(4-5-17-13)21-9-2-3-12(16)11(15)6-9/h2-7H,16H2,1H3. The van der Waals surface area contributed by atoms with Crippen LogP contribution >= 0.6 is 0 Å². The number of halogens is 1. The number of benzene rings is 1. The predicted octanol–water partition coefficient (Wildman–Crippen LogP) is 2.95. The van der Waals surface area contributed by atoms with E-state index in [9.17, 15) is 4.39 Å². The van der Waals surface area contributed by atoms with Crippen molar-refractivity contribution in [1.29, 1.82) is 0 Å². The van der Waals surface area contributed by atoms with Gasteiger partial charge in [0.05, 0.1) is 5.69 Å². The summed E-state index contributed by atoms with van der Waals surface area (Å²) in [6, 6.07) is 7.50. The largest absolute Gasteiger partial charge is 0.457 e. The molecule has 0 fully saturated rings. The lowest BCUT2D eigenvalue weighted by Crippen LogP contribution is -1.92. The van der Waals surface area contributed by atoms with Gasteiger partial charge in [0.1, 0.15) is 23.0 Å². The molecular formula is C14H11FN4O2. The molecule has 0 aliphatic heterocycles. The average Bonchev–Trinajstić information content (AvgIpc) is 2.90. The fourth-order valence-electron chi connectivity index (χ4n) is 1.70. The molecule has 2 N–H and O–H groups in total. The Kier molecular flexibility index (Phi) is 3.23. The second-order valence-corrected chi connectivity index (χ2v) is 4.29. The summed E-state index contributed by atoms with van der Waals surface area (Å²) >= 11 is 0. The lowest BCUT2D eigenvalue weighted by Gasteiger charge is -2.07. The van der Waals surface area contributed by atoms with Gasteiger partial charge in [0.15, 0.2) is 0 Å². The molecular weight excluding hydrogens is 275 g/mol. The average molecular weight is 286 g/mol. The molecule has 6 nitrogen and oxygen atoms in total. The smallest absolute Gasteiger partial charge is 0.266 e. The van der Waals surface area contributed by atoms with Crippen LogP contribution in [0.5, 0.6) is 11.5 Å². The second kappa shape index (κ2) is 5.20. The Labute approximate surface area is 119 Å². The third-order valence-electron chi connectivity index (χ3n) is 2.68. The van der Waals surface area contributed by atoms with Crippen LogP contribution in [0.1, 0.15) is 5.89 Å². The number of ether oxygens (including phenoxy) is 1. The highest BCUT2D eigenvalue weighted by molar-refractivity contribution is 5.50. The summed E-state index contributed by atoms with van der Waals surface area (Å²) in [5.74, 6) is 1.01. The zero-order valence-corrected chi connectivity index (χ0v) is 11.1. The number of hydrogen-bond donors (Lipinski definition) is 1. The van der Waals surface area contributed by atoms with Gasteiger partial charge in [-0.2, -0.15) is 0 Å². The van der Waals surface area contributed by atoms with Crippen molar-refractivity contribution in [3.05, 3.63) is 48.2 Å². The molecule has 0 radical (unpaired) electrons. The summed E-state index contributed by atoms with van der Waals surface area (Å²) in [6.07, 6.45) is 1.54. The molecule has 7 heteroatoms. The molecule has 0 aliphatic carbocycles. The molecule has 3 aromatic rings. The molecule has 2 aromatic heterocycles. The highest BCUT2D eigenvalue weighted by Gasteiger charge is 2.09. The van der Waals surface area contributed by atoms with Crippen molar-refractivity contribution in [3.63, 3.8) is 0 Å². The number of anilines is 1. The Morgan fingerprint density at radius 3 is 2.67 bits per heavy atom. The summed E-state index contributed by atoms with van der Waals surface area (Å²) < 4.78 is 24.2. The zero-order chi connectivity index (χ0) is 14.8. The minimum atomic E-state index is -0.533. The van der Waals surface area contributed by atoms with E-state index in [1.54, 1.807) is 25.1 Å². The van der Waals surface area contributed by atoms with Crippen molar-refractivity contribution in [3.8, 4) is 23.1 Å². The van der Waals surface area contributed by atoms with E-state index >= 15 is 0 Å². The number of rotatable bonds is 3. The van der Waals surface area contributed by atoms with Gasteiger partial charge in [-0.1, -0.05) is 0 Å². The van der Waals surface area contributed by atoms with Gasteiger partial charge in [-0.25, -0.2) is 4.39 Å².